The number of hydrogen-bond acceptors (Lipinski definition) is 9. The van der Waals surface area contributed by atoms with Crippen molar-refractivity contribution in [3.05, 3.63) is 74.8 Å². The van der Waals surface area contributed by atoms with Crippen molar-refractivity contribution in [3.63, 3.8) is 0 Å². The molecule has 1 aliphatic heterocycles. The summed E-state index contributed by atoms with van der Waals surface area (Å²) in [6.45, 7) is 2.85. The molecule has 2 aromatic carbocycles. The van der Waals surface area contributed by atoms with Crippen LogP contribution in [0, 0.1) is 6.92 Å². The van der Waals surface area contributed by atoms with Gasteiger partial charge in [-0.3, -0.25) is 14.2 Å². The first-order valence-corrected chi connectivity index (χ1v) is 11.2. The highest BCUT2D eigenvalue weighted by Crippen LogP contribution is 2.32. The Morgan fingerprint density at radius 1 is 1.06 bits per heavy atom. The number of rotatable bonds is 6. The second kappa shape index (κ2) is 9.49. The molecular weight excluding hydrogens is 468 g/mol. The lowest BCUT2D eigenvalue weighted by Gasteiger charge is -2.18. The first-order chi connectivity index (χ1) is 17.4. The van der Waals surface area contributed by atoms with Crippen LogP contribution in [0.5, 0.6) is 11.5 Å². The summed E-state index contributed by atoms with van der Waals surface area (Å²) < 4.78 is 18.3. The van der Waals surface area contributed by atoms with Crippen molar-refractivity contribution in [1.82, 2.24) is 24.5 Å². The number of aromatic nitrogens is 5. The molecule has 12 nitrogen and oxygen atoms in total. The standard InChI is InChI=1S/C24H22N6O6/c1-14-3-6-16(7-4-14)30-24(33)29(2)23(32)21(27-30)22-26-20(36-28-22)10-9-19(31)25-15-5-8-17-18(13-15)35-12-11-34-17/h3-8,13H,9-12H2,1-2H3,(H,25,31). The van der Waals surface area contributed by atoms with Crippen molar-refractivity contribution in [2.75, 3.05) is 18.5 Å². The van der Waals surface area contributed by atoms with E-state index < -0.39 is 11.2 Å². The minimum atomic E-state index is -0.660. The summed E-state index contributed by atoms with van der Waals surface area (Å²) in [5, 5.41) is 10.8. The van der Waals surface area contributed by atoms with E-state index in [9.17, 15) is 14.4 Å². The molecule has 0 fully saturated rings. The number of amides is 1. The Labute approximate surface area is 204 Å². The molecule has 2 aromatic heterocycles. The van der Waals surface area contributed by atoms with E-state index in [1.165, 1.54) is 7.05 Å². The second-order valence-corrected chi connectivity index (χ2v) is 8.16. The summed E-state index contributed by atoms with van der Waals surface area (Å²) in [6, 6.07) is 12.3. The third-order valence-corrected chi connectivity index (χ3v) is 5.53. The van der Waals surface area contributed by atoms with Crippen molar-refractivity contribution in [2.24, 2.45) is 7.05 Å². The maximum absolute atomic E-state index is 12.7. The number of hydrogen-bond donors (Lipinski definition) is 1. The van der Waals surface area contributed by atoms with Crippen LogP contribution in [-0.2, 0) is 18.3 Å². The Kier molecular flexibility index (Phi) is 6.07. The molecule has 0 saturated heterocycles. The Morgan fingerprint density at radius 2 is 1.81 bits per heavy atom. The number of anilines is 1. The Bertz CT molecular complexity index is 1550. The second-order valence-electron chi connectivity index (χ2n) is 8.16. The van der Waals surface area contributed by atoms with E-state index in [2.05, 4.69) is 20.6 Å². The van der Waals surface area contributed by atoms with Crippen LogP contribution in [0.3, 0.4) is 0 Å². The molecule has 0 unspecified atom stereocenters. The van der Waals surface area contributed by atoms with Gasteiger partial charge in [0.25, 0.3) is 5.56 Å². The molecule has 0 spiro atoms. The molecule has 12 heteroatoms. The summed E-state index contributed by atoms with van der Waals surface area (Å²) in [7, 11) is 1.35. The van der Waals surface area contributed by atoms with Gasteiger partial charge in [-0.15, -0.1) is 0 Å². The fraction of sp³-hybridized carbons (Fsp3) is 0.250. The summed E-state index contributed by atoms with van der Waals surface area (Å²) >= 11 is 0. The monoisotopic (exact) mass is 490 g/mol. The van der Waals surface area contributed by atoms with E-state index in [1.54, 1.807) is 30.3 Å². The van der Waals surface area contributed by atoms with Crippen LogP contribution < -0.4 is 26.0 Å². The third kappa shape index (κ3) is 4.60. The van der Waals surface area contributed by atoms with Gasteiger partial charge in [0.05, 0.1) is 5.69 Å². The zero-order chi connectivity index (χ0) is 25.2. The van der Waals surface area contributed by atoms with Crippen LogP contribution in [-0.4, -0.2) is 43.6 Å². The van der Waals surface area contributed by atoms with Crippen LogP contribution in [0.4, 0.5) is 5.69 Å². The van der Waals surface area contributed by atoms with Crippen LogP contribution in [0.25, 0.3) is 17.2 Å². The molecule has 1 N–H and O–H groups in total. The number of carbonyl (C=O) groups is 1. The van der Waals surface area contributed by atoms with Gasteiger partial charge >= 0.3 is 5.69 Å². The van der Waals surface area contributed by atoms with Crippen LogP contribution in [0.1, 0.15) is 17.9 Å². The highest BCUT2D eigenvalue weighted by Gasteiger charge is 2.20. The summed E-state index contributed by atoms with van der Waals surface area (Å²) in [5.74, 6) is 1.01. The van der Waals surface area contributed by atoms with Gasteiger partial charge in [0, 0.05) is 31.6 Å². The molecule has 36 heavy (non-hydrogen) atoms. The highest BCUT2D eigenvalue weighted by atomic mass is 16.6. The number of aryl methyl sites for hydroxylation is 2. The molecular formula is C24H22N6O6. The Balaban J connectivity index is 1.30. The van der Waals surface area contributed by atoms with Crippen molar-refractivity contribution in [1.29, 1.82) is 0 Å². The predicted molar refractivity (Wildman–Crippen MR) is 127 cm³/mol. The van der Waals surface area contributed by atoms with Gasteiger partial charge in [0.1, 0.15) is 13.2 Å². The molecule has 1 amide bonds. The lowest BCUT2D eigenvalue weighted by atomic mass is 10.2. The van der Waals surface area contributed by atoms with Crippen molar-refractivity contribution < 1.29 is 18.8 Å². The Morgan fingerprint density at radius 3 is 2.58 bits per heavy atom. The van der Waals surface area contributed by atoms with E-state index >= 15 is 0 Å². The van der Waals surface area contributed by atoms with Crippen LogP contribution in [0.2, 0.25) is 0 Å². The number of fused-ring (bicyclic) bond motifs is 1. The molecule has 1 aliphatic rings. The SMILES string of the molecule is Cc1ccc(-n2nc(-c3noc(CCC(=O)Nc4ccc5c(c4)OCCO5)n3)c(=O)n(C)c2=O)cc1. The van der Waals surface area contributed by atoms with Crippen molar-refractivity contribution in [2.45, 2.75) is 19.8 Å². The largest absolute Gasteiger partial charge is 0.486 e. The molecule has 0 aliphatic carbocycles. The van der Waals surface area contributed by atoms with Gasteiger partial charge in [-0.1, -0.05) is 22.9 Å². The van der Waals surface area contributed by atoms with E-state index in [1.807, 2.05) is 19.1 Å². The summed E-state index contributed by atoms with van der Waals surface area (Å²) in [5.41, 5.74) is 0.661. The zero-order valence-corrected chi connectivity index (χ0v) is 19.6. The molecule has 0 atom stereocenters. The highest BCUT2D eigenvalue weighted by molar-refractivity contribution is 5.91. The lowest BCUT2D eigenvalue weighted by Crippen LogP contribution is -2.40. The average molecular weight is 490 g/mol. The van der Waals surface area contributed by atoms with Gasteiger partial charge in [-0.2, -0.15) is 14.8 Å². The number of carbonyl (C=O) groups excluding carboxylic acids is 1. The number of benzene rings is 2. The Hall–Kier alpha value is -4.74. The quantitative estimate of drug-likeness (QED) is 0.426. The molecule has 4 aromatic rings. The molecule has 184 valence electrons. The smallest absolute Gasteiger partial charge is 0.351 e. The molecule has 0 bridgehead atoms. The van der Waals surface area contributed by atoms with Gasteiger partial charge in [0.2, 0.25) is 17.6 Å². The first kappa shape index (κ1) is 23.0. The van der Waals surface area contributed by atoms with Crippen molar-refractivity contribution >= 4 is 11.6 Å². The van der Waals surface area contributed by atoms with Crippen LogP contribution >= 0.6 is 0 Å². The van der Waals surface area contributed by atoms with E-state index in [4.69, 9.17) is 14.0 Å². The van der Waals surface area contributed by atoms with Gasteiger partial charge in [0.15, 0.2) is 17.2 Å². The third-order valence-electron chi connectivity index (χ3n) is 5.53. The zero-order valence-electron chi connectivity index (χ0n) is 19.6. The molecule has 0 radical (unpaired) electrons. The van der Waals surface area contributed by atoms with Gasteiger partial charge in [-0.25, -0.2) is 4.79 Å². The normalized spacial score (nSPS) is 12.4. The minimum Gasteiger partial charge on any atom is -0.486 e. The van der Waals surface area contributed by atoms with Crippen molar-refractivity contribution in [3.8, 4) is 28.7 Å². The van der Waals surface area contributed by atoms with Gasteiger partial charge in [-0.05, 0) is 31.2 Å². The maximum atomic E-state index is 12.7. The molecule has 0 saturated carbocycles. The average Bonchev–Trinajstić information content (AvgIpc) is 3.36. The maximum Gasteiger partial charge on any atom is 0.351 e. The fourth-order valence-corrected chi connectivity index (χ4v) is 3.59. The summed E-state index contributed by atoms with van der Waals surface area (Å²) in [4.78, 5) is 41.9. The fourth-order valence-electron chi connectivity index (χ4n) is 3.59. The number of nitrogens with one attached hydrogen (secondary N) is 1. The predicted octanol–water partition coefficient (Wildman–Crippen LogP) is 1.63. The van der Waals surface area contributed by atoms with E-state index in [0.29, 0.717) is 36.1 Å². The summed E-state index contributed by atoms with van der Waals surface area (Å²) in [6.07, 6.45) is 0.200. The number of ether oxygens (including phenoxy) is 2. The van der Waals surface area contributed by atoms with E-state index in [0.717, 1.165) is 14.8 Å². The lowest BCUT2D eigenvalue weighted by molar-refractivity contribution is -0.116. The topological polar surface area (TPSA) is 143 Å². The molecule has 3 heterocycles. The van der Waals surface area contributed by atoms with E-state index in [-0.39, 0.29) is 36.2 Å². The number of nitrogens with zero attached hydrogens (tertiary/aromatic N) is 5. The van der Waals surface area contributed by atoms with Crippen LogP contribution in [0.15, 0.2) is 56.6 Å². The van der Waals surface area contributed by atoms with Gasteiger partial charge < -0.3 is 19.3 Å². The molecule has 5 rings (SSSR count). The minimum absolute atomic E-state index is 0.0599. The first-order valence-electron chi connectivity index (χ1n) is 11.2.